The van der Waals surface area contributed by atoms with Crippen LogP contribution in [0.5, 0.6) is 5.75 Å². The minimum atomic E-state index is -0.244. The van der Waals surface area contributed by atoms with Crippen LogP contribution in [0.3, 0.4) is 0 Å². The summed E-state index contributed by atoms with van der Waals surface area (Å²) in [5.41, 5.74) is 10.2. The molecule has 0 saturated carbocycles. The van der Waals surface area contributed by atoms with E-state index in [4.69, 9.17) is 10.5 Å². The van der Waals surface area contributed by atoms with E-state index in [0.29, 0.717) is 6.54 Å². The molecule has 3 N–H and O–H groups in total. The third kappa shape index (κ3) is 4.22. The van der Waals surface area contributed by atoms with Gasteiger partial charge in [-0.05, 0) is 55.2 Å². The molecule has 0 radical (unpaired) electrons. The molecule has 1 amide bonds. The summed E-state index contributed by atoms with van der Waals surface area (Å²) in [5.74, 6) is 0.804. The molecule has 0 spiro atoms. The number of hydrogen-bond acceptors (Lipinski definition) is 4. The van der Waals surface area contributed by atoms with Crippen LogP contribution < -0.4 is 20.7 Å². The van der Waals surface area contributed by atoms with E-state index in [-0.39, 0.29) is 24.4 Å². The van der Waals surface area contributed by atoms with E-state index < -0.39 is 0 Å². The highest BCUT2D eigenvalue weighted by Crippen LogP contribution is 2.32. The van der Waals surface area contributed by atoms with E-state index in [0.717, 1.165) is 47.6 Å². The zero-order chi connectivity index (χ0) is 17.8. The minimum absolute atomic E-state index is 0. The topological polar surface area (TPSA) is 67.6 Å². The maximum Gasteiger partial charge on any atom is 0.242 e. The number of ether oxygens (including phenoxy) is 1. The fraction of sp³-hybridized carbons (Fsp3) is 0.350. The quantitative estimate of drug-likeness (QED) is 0.788. The summed E-state index contributed by atoms with van der Waals surface area (Å²) in [4.78, 5) is 14.8. The number of carbonyl (C=O) groups excluding carboxylic acids is 1. The number of halogens is 1. The van der Waals surface area contributed by atoms with Crippen LogP contribution >= 0.6 is 12.4 Å². The summed E-state index contributed by atoms with van der Waals surface area (Å²) < 4.78 is 5.22. The van der Waals surface area contributed by atoms with Crippen molar-refractivity contribution in [1.82, 2.24) is 5.32 Å². The van der Waals surface area contributed by atoms with Gasteiger partial charge in [0, 0.05) is 24.5 Å². The van der Waals surface area contributed by atoms with Crippen molar-refractivity contribution in [2.45, 2.75) is 32.4 Å². The lowest BCUT2D eigenvalue weighted by molar-refractivity contribution is -0.122. The number of benzene rings is 2. The fourth-order valence-corrected chi connectivity index (χ4v) is 3.34. The highest BCUT2D eigenvalue weighted by atomic mass is 35.5. The number of nitrogens with one attached hydrogen (secondary N) is 1. The van der Waals surface area contributed by atoms with Gasteiger partial charge in [-0.1, -0.05) is 18.2 Å². The van der Waals surface area contributed by atoms with Gasteiger partial charge in [0.25, 0.3) is 0 Å². The third-order valence-electron chi connectivity index (χ3n) is 4.77. The van der Waals surface area contributed by atoms with Gasteiger partial charge in [0.05, 0.1) is 7.11 Å². The number of methoxy groups -OCH3 is 1. The first-order chi connectivity index (χ1) is 12.1. The lowest BCUT2D eigenvalue weighted by atomic mass is 9.98. The summed E-state index contributed by atoms with van der Waals surface area (Å²) >= 11 is 0. The summed E-state index contributed by atoms with van der Waals surface area (Å²) in [6, 6.07) is 13.4. The Morgan fingerprint density at radius 1 is 1.31 bits per heavy atom. The number of rotatable bonds is 5. The molecule has 140 valence electrons. The van der Waals surface area contributed by atoms with Crippen LogP contribution in [-0.2, 0) is 17.8 Å². The summed E-state index contributed by atoms with van der Waals surface area (Å²) in [7, 11) is 1.64. The number of nitrogens with two attached hydrogens (primary N) is 1. The molecule has 0 saturated heterocycles. The minimum Gasteiger partial charge on any atom is -0.497 e. The molecule has 1 aliphatic rings. The molecule has 6 heteroatoms. The molecule has 1 heterocycles. The fourth-order valence-electron chi connectivity index (χ4n) is 3.34. The largest absolute Gasteiger partial charge is 0.497 e. The molecular weight excluding hydrogens is 350 g/mol. The van der Waals surface area contributed by atoms with Crippen molar-refractivity contribution in [3.05, 3.63) is 53.6 Å². The van der Waals surface area contributed by atoms with E-state index in [1.165, 1.54) is 0 Å². The number of carbonyl (C=O) groups is 1. The summed E-state index contributed by atoms with van der Waals surface area (Å²) in [6.45, 7) is 3.29. The molecule has 0 aromatic heterocycles. The lowest BCUT2D eigenvalue weighted by Gasteiger charge is -2.36. The molecule has 1 aliphatic heterocycles. The predicted molar refractivity (Wildman–Crippen MR) is 108 cm³/mol. The number of amides is 1. The predicted octanol–water partition coefficient (Wildman–Crippen LogP) is 3.16. The molecular formula is C20H26ClN3O2. The maximum absolute atomic E-state index is 12.6. The molecule has 5 nitrogen and oxygen atoms in total. The second-order valence-electron chi connectivity index (χ2n) is 6.39. The van der Waals surface area contributed by atoms with Crippen molar-refractivity contribution < 1.29 is 9.53 Å². The van der Waals surface area contributed by atoms with Gasteiger partial charge < -0.3 is 20.7 Å². The molecule has 26 heavy (non-hydrogen) atoms. The average Bonchev–Trinajstić information content (AvgIpc) is 2.65. The Labute approximate surface area is 160 Å². The standard InChI is InChI=1S/C20H25N3O2.ClH/c1-14(20(24)22-13-15-6-3-7-16(12-15)25-2)23-11-5-8-17-18(21)9-4-10-19(17)23;/h3-4,6-7,9-10,12,14H,5,8,11,13,21H2,1-2H3,(H,22,24);1H. The van der Waals surface area contributed by atoms with Crippen LogP contribution in [0.25, 0.3) is 0 Å². The van der Waals surface area contributed by atoms with Crippen molar-refractivity contribution in [2.75, 3.05) is 24.3 Å². The van der Waals surface area contributed by atoms with E-state index in [9.17, 15) is 4.79 Å². The van der Waals surface area contributed by atoms with Crippen LogP contribution in [0.1, 0.15) is 24.5 Å². The number of fused-ring (bicyclic) bond motifs is 1. The zero-order valence-electron chi connectivity index (χ0n) is 15.2. The summed E-state index contributed by atoms with van der Waals surface area (Å²) in [5, 5.41) is 3.03. The second-order valence-corrected chi connectivity index (χ2v) is 6.39. The Morgan fingerprint density at radius 3 is 2.85 bits per heavy atom. The zero-order valence-corrected chi connectivity index (χ0v) is 16.0. The smallest absolute Gasteiger partial charge is 0.242 e. The van der Waals surface area contributed by atoms with Crippen molar-refractivity contribution in [2.24, 2.45) is 0 Å². The summed E-state index contributed by atoms with van der Waals surface area (Å²) in [6.07, 6.45) is 1.98. The Kier molecular flexibility index (Phi) is 6.75. The van der Waals surface area contributed by atoms with Crippen molar-refractivity contribution in [3.63, 3.8) is 0 Å². The first-order valence-corrected chi connectivity index (χ1v) is 8.65. The van der Waals surface area contributed by atoms with Crippen LogP contribution in [0.2, 0.25) is 0 Å². The molecule has 1 atom stereocenters. The van der Waals surface area contributed by atoms with Crippen molar-refractivity contribution in [3.8, 4) is 5.75 Å². The van der Waals surface area contributed by atoms with Crippen molar-refractivity contribution >= 4 is 29.7 Å². The molecule has 0 fully saturated rings. The highest BCUT2D eigenvalue weighted by Gasteiger charge is 2.26. The van der Waals surface area contributed by atoms with Gasteiger partial charge in [0.2, 0.25) is 5.91 Å². The van der Waals surface area contributed by atoms with Gasteiger partial charge in [0.1, 0.15) is 11.8 Å². The molecule has 2 aromatic rings. The Balaban J connectivity index is 0.00000243. The van der Waals surface area contributed by atoms with Crippen LogP contribution in [0.15, 0.2) is 42.5 Å². The number of nitrogens with zero attached hydrogens (tertiary/aromatic N) is 1. The Hall–Kier alpha value is -2.40. The molecule has 2 aromatic carbocycles. The van der Waals surface area contributed by atoms with E-state index in [1.54, 1.807) is 7.11 Å². The average molecular weight is 376 g/mol. The van der Waals surface area contributed by atoms with Crippen molar-refractivity contribution in [1.29, 1.82) is 0 Å². The normalized spacial score (nSPS) is 14.0. The van der Waals surface area contributed by atoms with E-state index in [2.05, 4.69) is 16.3 Å². The van der Waals surface area contributed by atoms with Gasteiger partial charge in [-0.2, -0.15) is 0 Å². The second kappa shape index (κ2) is 8.81. The van der Waals surface area contributed by atoms with Crippen LogP contribution in [-0.4, -0.2) is 25.6 Å². The molecule has 1 unspecified atom stereocenters. The third-order valence-corrected chi connectivity index (χ3v) is 4.77. The lowest BCUT2D eigenvalue weighted by Crippen LogP contribution is -2.47. The number of nitrogen functional groups attached to an aromatic ring is 1. The Morgan fingerprint density at radius 2 is 2.08 bits per heavy atom. The SMILES string of the molecule is COc1cccc(CNC(=O)C(C)N2CCCc3c(N)cccc32)c1.Cl. The molecule has 3 rings (SSSR count). The molecule has 0 aliphatic carbocycles. The van der Waals surface area contributed by atoms with E-state index in [1.807, 2.05) is 43.3 Å². The van der Waals surface area contributed by atoms with Gasteiger partial charge in [0.15, 0.2) is 0 Å². The molecule has 0 bridgehead atoms. The maximum atomic E-state index is 12.6. The Bertz CT molecular complexity index is 766. The first kappa shape index (κ1) is 19.9. The number of anilines is 2. The van der Waals surface area contributed by atoms with Gasteiger partial charge in [-0.3, -0.25) is 4.79 Å². The number of hydrogen-bond donors (Lipinski definition) is 2. The van der Waals surface area contributed by atoms with Crippen LogP contribution in [0, 0.1) is 0 Å². The highest BCUT2D eigenvalue weighted by molar-refractivity contribution is 5.86. The van der Waals surface area contributed by atoms with Crippen LogP contribution in [0.4, 0.5) is 11.4 Å². The van der Waals surface area contributed by atoms with Gasteiger partial charge >= 0.3 is 0 Å². The van der Waals surface area contributed by atoms with Gasteiger partial charge in [-0.15, -0.1) is 12.4 Å². The monoisotopic (exact) mass is 375 g/mol. The van der Waals surface area contributed by atoms with E-state index >= 15 is 0 Å². The first-order valence-electron chi connectivity index (χ1n) is 8.65. The van der Waals surface area contributed by atoms with Gasteiger partial charge in [-0.25, -0.2) is 0 Å².